The average molecular weight is 411 g/mol. The first-order chi connectivity index (χ1) is 14.4. The number of ether oxygens (including phenoxy) is 2. The van der Waals surface area contributed by atoms with Gasteiger partial charge in [-0.25, -0.2) is 22.5 Å². The van der Waals surface area contributed by atoms with Crippen LogP contribution >= 0.6 is 0 Å². The molecule has 0 spiro atoms. The largest absolute Gasteiger partial charge is 0.493 e. The summed E-state index contributed by atoms with van der Waals surface area (Å²) >= 11 is 0. The molecule has 1 heterocycles. The normalized spacial score (nSPS) is 9.80. The van der Waals surface area contributed by atoms with E-state index in [0.29, 0.717) is 28.8 Å². The molecule has 0 amide bonds. The molecule has 0 radical (unpaired) electrons. The van der Waals surface area contributed by atoms with Crippen LogP contribution in [0.1, 0.15) is 22.4 Å². The lowest BCUT2D eigenvalue weighted by molar-refractivity contribution is 0.355. The zero-order valence-corrected chi connectivity index (χ0v) is 15.8. The highest BCUT2D eigenvalue weighted by atomic mass is 19.2. The van der Waals surface area contributed by atoms with Crippen molar-refractivity contribution in [2.45, 2.75) is 0 Å². The molecule has 0 bridgehead atoms. The van der Waals surface area contributed by atoms with Crippen LogP contribution in [-0.2, 0) is 0 Å². The molecule has 0 aliphatic rings. The Morgan fingerprint density at radius 1 is 0.700 bits per heavy atom. The van der Waals surface area contributed by atoms with Crippen molar-refractivity contribution in [3.8, 4) is 35.2 Å². The third-order valence-corrected chi connectivity index (χ3v) is 3.95. The van der Waals surface area contributed by atoms with E-state index in [-0.39, 0.29) is 5.56 Å². The Kier molecular flexibility index (Phi) is 6.24. The summed E-state index contributed by atoms with van der Waals surface area (Å²) in [6, 6.07) is 8.75. The molecule has 0 saturated carbocycles. The summed E-state index contributed by atoms with van der Waals surface area (Å²) in [5.41, 5.74) is 0.527. The Morgan fingerprint density at radius 2 is 1.30 bits per heavy atom. The Hall–Kier alpha value is -3.97. The highest BCUT2D eigenvalue weighted by Gasteiger charge is 2.18. The van der Waals surface area contributed by atoms with Gasteiger partial charge < -0.3 is 9.47 Å². The van der Waals surface area contributed by atoms with E-state index in [1.54, 1.807) is 30.5 Å². The van der Waals surface area contributed by atoms with Crippen LogP contribution in [0.4, 0.5) is 17.6 Å². The molecule has 2 aromatic carbocycles. The first kappa shape index (κ1) is 20.8. The summed E-state index contributed by atoms with van der Waals surface area (Å²) in [6.45, 7) is 0. The van der Waals surface area contributed by atoms with Crippen molar-refractivity contribution in [2.75, 3.05) is 14.2 Å². The van der Waals surface area contributed by atoms with Crippen LogP contribution in [0, 0.1) is 47.0 Å². The molecular formula is C23H13F4NO2. The Morgan fingerprint density at radius 3 is 1.87 bits per heavy atom. The third kappa shape index (κ3) is 4.37. The van der Waals surface area contributed by atoms with E-state index < -0.39 is 28.8 Å². The van der Waals surface area contributed by atoms with Gasteiger partial charge in [-0.15, -0.1) is 0 Å². The SMILES string of the molecule is COc1cc(C#Cc2ccccn2)c(C#Cc2cc(F)c(F)c(F)c2F)cc1OC. The van der Waals surface area contributed by atoms with Crippen molar-refractivity contribution < 1.29 is 27.0 Å². The monoisotopic (exact) mass is 411 g/mol. The van der Waals surface area contributed by atoms with Gasteiger partial charge in [-0.3, -0.25) is 0 Å². The number of methoxy groups -OCH3 is 2. The number of hydrogen-bond donors (Lipinski definition) is 0. The molecule has 3 nitrogen and oxygen atoms in total. The predicted molar refractivity (Wildman–Crippen MR) is 102 cm³/mol. The van der Waals surface area contributed by atoms with E-state index in [1.165, 1.54) is 20.3 Å². The fraction of sp³-hybridized carbons (Fsp3) is 0.0870. The summed E-state index contributed by atoms with van der Waals surface area (Å²) in [5, 5.41) is 0. The second-order valence-electron chi connectivity index (χ2n) is 5.82. The van der Waals surface area contributed by atoms with Crippen LogP contribution in [0.15, 0.2) is 42.6 Å². The van der Waals surface area contributed by atoms with Gasteiger partial charge in [0.15, 0.2) is 34.8 Å². The molecule has 30 heavy (non-hydrogen) atoms. The maximum absolute atomic E-state index is 13.9. The Bertz CT molecular complexity index is 1220. The molecular weight excluding hydrogens is 398 g/mol. The van der Waals surface area contributed by atoms with Gasteiger partial charge in [0, 0.05) is 29.5 Å². The van der Waals surface area contributed by atoms with E-state index in [1.807, 2.05) is 0 Å². The lowest BCUT2D eigenvalue weighted by Crippen LogP contribution is -1.99. The number of pyridine rings is 1. The summed E-state index contributed by atoms with van der Waals surface area (Å²) in [4.78, 5) is 4.10. The zero-order chi connectivity index (χ0) is 21.7. The number of halogens is 4. The average Bonchev–Trinajstić information content (AvgIpc) is 2.78. The highest BCUT2D eigenvalue weighted by Crippen LogP contribution is 2.30. The van der Waals surface area contributed by atoms with Crippen molar-refractivity contribution in [1.29, 1.82) is 0 Å². The first-order valence-corrected chi connectivity index (χ1v) is 8.48. The van der Waals surface area contributed by atoms with Crippen molar-refractivity contribution in [3.05, 3.63) is 88.2 Å². The van der Waals surface area contributed by atoms with Gasteiger partial charge in [0.25, 0.3) is 0 Å². The predicted octanol–water partition coefficient (Wildman–Crippen LogP) is 4.45. The number of benzene rings is 2. The molecule has 7 heteroatoms. The van der Waals surface area contributed by atoms with Gasteiger partial charge >= 0.3 is 0 Å². The molecule has 0 fully saturated rings. The number of nitrogens with zero attached hydrogens (tertiary/aromatic N) is 1. The summed E-state index contributed by atoms with van der Waals surface area (Å²) in [6.07, 6.45) is 1.58. The molecule has 0 N–H and O–H groups in total. The summed E-state index contributed by atoms with van der Waals surface area (Å²) in [5.74, 6) is 4.41. The van der Waals surface area contributed by atoms with Gasteiger partial charge in [-0.1, -0.05) is 23.8 Å². The molecule has 3 rings (SSSR count). The van der Waals surface area contributed by atoms with Gasteiger partial charge in [0.1, 0.15) is 5.69 Å². The van der Waals surface area contributed by atoms with E-state index in [4.69, 9.17) is 9.47 Å². The van der Waals surface area contributed by atoms with E-state index >= 15 is 0 Å². The molecule has 3 aromatic rings. The minimum absolute atomic E-state index is 0.278. The second kappa shape index (κ2) is 9.02. The smallest absolute Gasteiger partial charge is 0.198 e. The molecule has 0 atom stereocenters. The van der Waals surface area contributed by atoms with Gasteiger partial charge in [0.2, 0.25) is 0 Å². The minimum Gasteiger partial charge on any atom is -0.493 e. The second-order valence-corrected chi connectivity index (χ2v) is 5.82. The quantitative estimate of drug-likeness (QED) is 0.270. The first-order valence-electron chi connectivity index (χ1n) is 8.48. The molecule has 0 saturated heterocycles. The summed E-state index contributed by atoms with van der Waals surface area (Å²) in [7, 11) is 2.86. The van der Waals surface area contributed by atoms with Crippen LogP contribution < -0.4 is 9.47 Å². The van der Waals surface area contributed by atoms with Crippen LogP contribution in [-0.4, -0.2) is 19.2 Å². The van der Waals surface area contributed by atoms with Gasteiger partial charge in [0.05, 0.1) is 19.8 Å². The zero-order valence-electron chi connectivity index (χ0n) is 15.8. The fourth-order valence-electron chi connectivity index (χ4n) is 2.45. The Balaban J connectivity index is 2.13. The van der Waals surface area contributed by atoms with Crippen LogP contribution in [0.3, 0.4) is 0 Å². The van der Waals surface area contributed by atoms with Crippen LogP contribution in [0.2, 0.25) is 0 Å². The maximum Gasteiger partial charge on any atom is 0.198 e. The number of aromatic nitrogens is 1. The minimum atomic E-state index is -1.93. The Labute approximate surface area is 170 Å². The molecule has 1 aromatic heterocycles. The lowest BCUT2D eigenvalue weighted by Gasteiger charge is -2.09. The van der Waals surface area contributed by atoms with Crippen molar-refractivity contribution >= 4 is 0 Å². The van der Waals surface area contributed by atoms with Crippen molar-refractivity contribution in [2.24, 2.45) is 0 Å². The van der Waals surface area contributed by atoms with Gasteiger partial charge in [-0.05, 0) is 24.1 Å². The maximum atomic E-state index is 13.9. The number of rotatable bonds is 2. The van der Waals surface area contributed by atoms with Crippen LogP contribution in [0.5, 0.6) is 11.5 Å². The van der Waals surface area contributed by atoms with Crippen molar-refractivity contribution in [1.82, 2.24) is 4.98 Å². The van der Waals surface area contributed by atoms with Gasteiger partial charge in [-0.2, -0.15) is 0 Å². The molecule has 0 aliphatic heterocycles. The highest BCUT2D eigenvalue weighted by molar-refractivity contribution is 5.60. The third-order valence-electron chi connectivity index (χ3n) is 3.95. The fourth-order valence-corrected chi connectivity index (χ4v) is 2.45. The van der Waals surface area contributed by atoms with E-state index in [2.05, 4.69) is 28.7 Å². The number of hydrogen-bond acceptors (Lipinski definition) is 3. The molecule has 150 valence electrons. The molecule has 0 unspecified atom stereocenters. The topological polar surface area (TPSA) is 31.4 Å². The molecule has 0 aliphatic carbocycles. The van der Waals surface area contributed by atoms with Crippen molar-refractivity contribution in [3.63, 3.8) is 0 Å². The lowest BCUT2D eigenvalue weighted by atomic mass is 10.1. The van der Waals surface area contributed by atoms with E-state index in [0.717, 1.165) is 0 Å². The standard InChI is InChI=1S/C23H13F4NO2/c1-29-19-12-14(6-7-16-11-18(24)22(26)23(27)21(16)25)15(13-20(19)30-2)8-9-17-5-3-4-10-28-17/h3-5,10-13H,1-2H3. The van der Waals surface area contributed by atoms with E-state index in [9.17, 15) is 17.6 Å². The summed E-state index contributed by atoms with van der Waals surface area (Å²) < 4.78 is 64.4. The van der Waals surface area contributed by atoms with Crippen LogP contribution in [0.25, 0.3) is 0 Å².